The van der Waals surface area contributed by atoms with Gasteiger partial charge in [0.15, 0.2) is 11.4 Å². The maximum atomic E-state index is 14.2. The summed E-state index contributed by atoms with van der Waals surface area (Å²) < 4.78 is 6.58. The van der Waals surface area contributed by atoms with Crippen LogP contribution in [0.1, 0.15) is 61.3 Å². The SMILES string of the molecule is C=C1CCC(Br)C(C)(C)C1C12OC(C)(C)C(Cl)C=C1C(=O)c1c(O)cc(O)cc1C2=O. The molecule has 0 amide bonds. The first-order valence-corrected chi connectivity index (χ1v) is 11.6. The van der Waals surface area contributed by atoms with Crippen molar-refractivity contribution >= 4 is 39.1 Å². The van der Waals surface area contributed by atoms with Crippen molar-refractivity contribution in [2.75, 3.05) is 0 Å². The fraction of sp³-hybridized carbons (Fsp3) is 0.500. The zero-order valence-electron chi connectivity index (χ0n) is 18.0. The second-order valence-electron chi connectivity index (χ2n) is 9.89. The number of carbonyl (C=O) groups is 2. The topological polar surface area (TPSA) is 83.8 Å². The molecule has 0 bridgehead atoms. The molecule has 7 heteroatoms. The molecule has 3 aliphatic rings. The van der Waals surface area contributed by atoms with Crippen molar-refractivity contribution in [3.8, 4) is 11.5 Å². The number of phenols is 2. The van der Waals surface area contributed by atoms with Crippen LogP contribution in [-0.4, -0.2) is 43.2 Å². The highest BCUT2D eigenvalue weighted by atomic mass is 79.9. The van der Waals surface area contributed by atoms with Crippen LogP contribution in [0.25, 0.3) is 0 Å². The summed E-state index contributed by atoms with van der Waals surface area (Å²) in [5.74, 6) is -2.27. The largest absolute Gasteiger partial charge is 0.508 e. The number of fused-ring (bicyclic) bond motifs is 2. The van der Waals surface area contributed by atoms with Crippen molar-refractivity contribution in [1.82, 2.24) is 0 Å². The van der Waals surface area contributed by atoms with E-state index in [0.717, 1.165) is 18.1 Å². The molecule has 2 N–H and O–H groups in total. The monoisotopic (exact) mass is 508 g/mol. The van der Waals surface area contributed by atoms with Gasteiger partial charge in [-0.25, -0.2) is 0 Å². The van der Waals surface area contributed by atoms with Crippen LogP contribution in [0.3, 0.4) is 0 Å². The van der Waals surface area contributed by atoms with E-state index in [2.05, 4.69) is 22.5 Å². The predicted octanol–water partition coefficient (Wildman–Crippen LogP) is 5.31. The molecule has 31 heavy (non-hydrogen) atoms. The van der Waals surface area contributed by atoms with Gasteiger partial charge in [-0.15, -0.1) is 11.6 Å². The van der Waals surface area contributed by atoms with E-state index >= 15 is 0 Å². The van der Waals surface area contributed by atoms with Crippen LogP contribution in [0, 0.1) is 11.3 Å². The van der Waals surface area contributed by atoms with E-state index in [1.165, 1.54) is 6.07 Å². The molecule has 1 aromatic rings. The second kappa shape index (κ2) is 6.93. The Morgan fingerprint density at radius 1 is 1.19 bits per heavy atom. The third kappa shape index (κ3) is 2.98. The lowest BCUT2D eigenvalue weighted by Gasteiger charge is -2.57. The van der Waals surface area contributed by atoms with E-state index in [0.29, 0.717) is 6.42 Å². The molecule has 0 radical (unpaired) electrons. The standard InChI is InChI=1S/C24H26BrClO5/c1-11-6-7-16(25)22(2,3)20(11)24-14(10-17(26)23(4,5)31-24)19(29)18-13(21(24)30)8-12(27)9-15(18)28/h8-10,16-17,20,27-28H,1,6-7H2,2-5H3. The van der Waals surface area contributed by atoms with Gasteiger partial charge in [0.1, 0.15) is 11.5 Å². The lowest BCUT2D eigenvalue weighted by molar-refractivity contribution is -0.142. The molecule has 1 aliphatic heterocycles. The number of benzene rings is 1. The maximum Gasteiger partial charge on any atom is 0.201 e. The Labute approximate surface area is 195 Å². The van der Waals surface area contributed by atoms with Gasteiger partial charge >= 0.3 is 0 Å². The number of hydrogen-bond acceptors (Lipinski definition) is 5. The van der Waals surface area contributed by atoms with Crippen LogP contribution in [0.15, 0.2) is 35.9 Å². The number of halogens is 2. The van der Waals surface area contributed by atoms with Crippen LogP contribution in [0.2, 0.25) is 0 Å². The quantitative estimate of drug-likeness (QED) is 0.396. The highest BCUT2D eigenvalue weighted by molar-refractivity contribution is 9.09. The molecule has 4 unspecified atom stereocenters. The van der Waals surface area contributed by atoms with Crippen LogP contribution in [0.5, 0.6) is 11.5 Å². The number of Topliss-reactive ketones (excluding diaryl/α,β-unsaturated/α-hetero) is 2. The molecule has 0 aromatic heterocycles. The second-order valence-corrected chi connectivity index (χ2v) is 11.5. The van der Waals surface area contributed by atoms with Crippen molar-refractivity contribution < 1.29 is 24.5 Å². The fourth-order valence-electron chi connectivity index (χ4n) is 5.47. The Kier molecular flexibility index (Phi) is 5.04. The van der Waals surface area contributed by atoms with Crippen LogP contribution in [-0.2, 0) is 4.74 Å². The minimum atomic E-state index is -1.66. The van der Waals surface area contributed by atoms with Crippen molar-refractivity contribution in [3.05, 3.63) is 47.1 Å². The first-order valence-electron chi connectivity index (χ1n) is 10.3. The summed E-state index contributed by atoms with van der Waals surface area (Å²) in [4.78, 5) is 28.0. The minimum Gasteiger partial charge on any atom is -0.508 e. The Bertz CT molecular complexity index is 1060. The van der Waals surface area contributed by atoms with Gasteiger partial charge in [0.05, 0.1) is 16.5 Å². The average Bonchev–Trinajstić information content (AvgIpc) is 2.64. The van der Waals surface area contributed by atoms with Crippen LogP contribution in [0.4, 0.5) is 0 Å². The molecule has 2 aliphatic carbocycles. The molecule has 1 fully saturated rings. The molecule has 0 saturated heterocycles. The van der Waals surface area contributed by atoms with E-state index in [9.17, 15) is 19.8 Å². The number of alkyl halides is 2. The summed E-state index contributed by atoms with van der Waals surface area (Å²) in [5.41, 5.74) is -2.33. The van der Waals surface area contributed by atoms with Crippen molar-refractivity contribution in [3.63, 3.8) is 0 Å². The summed E-state index contributed by atoms with van der Waals surface area (Å²) in [7, 11) is 0. The van der Waals surface area contributed by atoms with E-state index < -0.39 is 45.2 Å². The molecule has 5 nitrogen and oxygen atoms in total. The average molecular weight is 510 g/mol. The van der Waals surface area contributed by atoms with Gasteiger partial charge in [-0.2, -0.15) is 0 Å². The number of ether oxygens (including phenoxy) is 1. The number of carbonyl (C=O) groups excluding carboxylic acids is 2. The number of hydrogen-bond donors (Lipinski definition) is 2. The molecular formula is C24H26BrClO5. The number of aromatic hydroxyl groups is 2. The first-order chi connectivity index (χ1) is 14.2. The fourth-order valence-corrected chi connectivity index (χ4v) is 6.13. The molecule has 1 aromatic carbocycles. The van der Waals surface area contributed by atoms with Gasteiger partial charge in [-0.05, 0) is 38.2 Å². The third-order valence-corrected chi connectivity index (χ3v) is 9.33. The smallest absolute Gasteiger partial charge is 0.201 e. The summed E-state index contributed by atoms with van der Waals surface area (Å²) >= 11 is 10.3. The van der Waals surface area contributed by atoms with Crippen molar-refractivity contribution in [2.45, 2.75) is 61.9 Å². The van der Waals surface area contributed by atoms with Gasteiger partial charge in [0.25, 0.3) is 0 Å². The Morgan fingerprint density at radius 2 is 1.84 bits per heavy atom. The normalized spacial score (nSPS) is 34.1. The van der Waals surface area contributed by atoms with Gasteiger partial charge in [0, 0.05) is 27.9 Å². The maximum absolute atomic E-state index is 14.2. The van der Waals surface area contributed by atoms with Crippen LogP contribution < -0.4 is 0 Å². The molecule has 0 spiro atoms. The van der Waals surface area contributed by atoms with Crippen molar-refractivity contribution in [1.29, 1.82) is 0 Å². The number of rotatable bonds is 1. The number of ketones is 2. The third-order valence-electron chi connectivity index (χ3n) is 7.04. The first kappa shape index (κ1) is 22.6. The molecule has 4 atom stereocenters. The summed E-state index contributed by atoms with van der Waals surface area (Å²) in [6.45, 7) is 11.9. The van der Waals surface area contributed by atoms with Gasteiger partial charge in [-0.1, -0.05) is 48.0 Å². The molecule has 1 saturated carbocycles. The zero-order valence-corrected chi connectivity index (χ0v) is 20.3. The number of phenolic OH excluding ortho intramolecular Hbond substituents is 2. The zero-order chi connectivity index (χ0) is 23.1. The Hall–Kier alpha value is -1.63. The lowest BCUT2D eigenvalue weighted by atomic mass is 9.54. The van der Waals surface area contributed by atoms with Gasteiger partial charge < -0.3 is 14.9 Å². The van der Waals surface area contributed by atoms with E-state index in [4.69, 9.17) is 16.3 Å². The Morgan fingerprint density at radius 3 is 2.48 bits per heavy atom. The molecule has 166 valence electrons. The highest BCUT2D eigenvalue weighted by Crippen LogP contribution is 2.59. The van der Waals surface area contributed by atoms with Gasteiger partial charge in [0.2, 0.25) is 5.78 Å². The predicted molar refractivity (Wildman–Crippen MR) is 122 cm³/mol. The van der Waals surface area contributed by atoms with E-state index in [1.807, 2.05) is 13.8 Å². The highest BCUT2D eigenvalue weighted by Gasteiger charge is 2.66. The van der Waals surface area contributed by atoms with Gasteiger partial charge in [-0.3, -0.25) is 9.59 Å². The lowest BCUT2D eigenvalue weighted by Crippen LogP contribution is -2.66. The molecule has 4 rings (SSSR count). The summed E-state index contributed by atoms with van der Waals surface area (Å²) in [5, 5.41) is 19.8. The molecule has 1 heterocycles. The summed E-state index contributed by atoms with van der Waals surface area (Å²) in [6.07, 6.45) is 3.12. The van der Waals surface area contributed by atoms with E-state index in [1.54, 1.807) is 19.9 Å². The van der Waals surface area contributed by atoms with Crippen molar-refractivity contribution in [2.24, 2.45) is 11.3 Å². The summed E-state index contributed by atoms with van der Waals surface area (Å²) in [6, 6.07) is 2.28. The van der Waals surface area contributed by atoms with Crippen LogP contribution >= 0.6 is 27.5 Å². The molecular weight excluding hydrogens is 484 g/mol. The Balaban J connectivity index is 2.09. The minimum absolute atomic E-state index is 0.0521. The van der Waals surface area contributed by atoms with E-state index in [-0.39, 0.29) is 27.3 Å².